The molecule has 0 aliphatic carbocycles. The van der Waals surface area contributed by atoms with Crippen LogP contribution < -0.4 is 5.32 Å². The van der Waals surface area contributed by atoms with Crippen LogP contribution in [-0.2, 0) is 19.1 Å². The summed E-state index contributed by atoms with van der Waals surface area (Å²) in [5, 5.41) is 2.82. The van der Waals surface area contributed by atoms with Crippen molar-refractivity contribution in [2.75, 3.05) is 14.2 Å². The minimum Gasteiger partial charge on any atom is -0.469 e. The number of ether oxygens (including phenoxy) is 2. The molecule has 0 fully saturated rings. The van der Waals surface area contributed by atoms with Gasteiger partial charge in [-0.15, -0.1) is 0 Å². The molecule has 1 aromatic carbocycles. The normalized spacial score (nSPS) is 12.9. The van der Waals surface area contributed by atoms with E-state index in [4.69, 9.17) is 11.6 Å². The average molecular weight is 328 g/mol. The standard InChI is InChI=1S/C15H18ClNO5/c1-9(8-12(18)21-2)13(15(20)22-3)17-14(19)10-6-4-5-7-11(10)16/h4-7,9,13H,8H2,1-3H3,(H,17,19)/t9-,13+/m0/s1. The van der Waals surface area contributed by atoms with Crippen molar-refractivity contribution in [2.45, 2.75) is 19.4 Å². The first-order valence-corrected chi connectivity index (χ1v) is 6.98. The second kappa shape index (κ2) is 8.38. The third-order valence-electron chi connectivity index (χ3n) is 3.15. The summed E-state index contributed by atoms with van der Waals surface area (Å²) < 4.78 is 9.25. The Bertz CT molecular complexity index is 561. The Labute approximate surface area is 133 Å². The predicted molar refractivity (Wildman–Crippen MR) is 80.5 cm³/mol. The largest absolute Gasteiger partial charge is 0.469 e. The quantitative estimate of drug-likeness (QED) is 0.806. The molecular formula is C15H18ClNO5. The number of amides is 1. The summed E-state index contributed by atoms with van der Waals surface area (Å²) in [4.78, 5) is 35.4. The molecule has 0 spiro atoms. The van der Waals surface area contributed by atoms with Crippen molar-refractivity contribution in [2.24, 2.45) is 5.92 Å². The molecule has 0 aromatic heterocycles. The molecule has 1 N–H and O–H groups in total. The second-order valence-corrected chi connectivity index (χ2v) is 5.12. The van der Waals surface area contributed by atoms with Crippen LogP contribution in [-0.4, -0.2) is 38.1 Å². The first-order valence-electron chi connectivity index (χ1n) is 6.60. The number of benzene rings is 1. The van der Waals surface area contributed by atoms with E-state index in [0.717, 1.165) is 0 Å². The maximum atomic E-state index is 12.2. The van der Waals surface area contributed by atoms with Crippen molar-refractivity contribution in [1.82, 2.24) is 5.32 Å². The minimum atomic E-state index is -0.979. The monoisotopic (exact) mass is 327 g/mol. The van der Waals surface area contributed by atoms with Crippen LogP contribution in [0.15, 0.2) is 24.3 Å². The smallest absolute Gasteiger partial charge is 0.328 e. The Morgan fingerprint density at radius 3 is 2.36 bits per heavy atom. The fraction of sp³-hybridized carbons (Fsp3) is 0.400. The van der Waals surface area contributed by atoms with Gasteiger partial charge in [-0.05, 0) is 18.1 Å². The van der Waals surface area contributed by atoms with Gasteiger partial charge in [-0.2, -0.15) is 0 Å². The first kappa shape index (κ1) is 18.0. The van der Waals surface area contributed by atoms with Gasteiger partial charge in [0, 0.05) is 0 Å². The summed E-state index contributed by atoms with van der Waals surface area (Å²) in [7, 11) is 2.46. The summed E-state index contributed by atoms with van der Waals surface area (Å²) in [6, 6.07) is 5.48. The Hall–Kier alpha value is -2.08. The highest BCUT2D eigenvalue weighted by Gasteiger charge is 2.30. The van der Waals surface area contributed by atoms with Crippen LogP contribution in [0.3, 0.4) is 0 Å². The maximum absolute atomic E-state index is 12.2. The number of rotatable bonds is 6. The van der Waals surface area contributed by atoms with Crippen molar-refractivity contribution in [3.05, 3.63) is 34.9 Å². The summed E-state index contributed by atoms with van der Waals surface area (Å²) in [6.07, 6.45) is -0.0287. The summed E-state index contributed by atoms with van der Waals surface area (Å²) >= 11 is 5.95. The lowest BCUT2D eigenvalue weighted by molar-refractivity contribution is -0.146. The molecular weight excluding hydrogens is 310 g/mol. The van der Waals surface area contributed by atoms with Crippen LogP contribution >= 0.6 is 11.6 Å². The number of esters is 2. The Kier molecular flexibility index (Phi) is 6.85. The molecule has 1 aromatic rings. The fourth-order valence-electron chi connectivity index (χ4n) is 1.89. The van der Waals surface area contributed by atoms with Crippen LogP contribution in [0.5, 0.6) is 0 Å². The van der Waals surface area contributed by atoms with Gasteiger partial charge in [-0.25, -0.2) is 4.79 Å². The highest BCUT2D eigenvalue weighted by atomic mass is 35.5. The first-order chi connectivity index (χ1) is 10.4. The Morgan fingerprint density at radius 1 is 1.18 bits per heavy atom. The second-order valence-electron chi connectivity index (χ2n) is 4.71. The van der Waals surface area contributed by atoms with E-state index in [1.165, 1.54) is 20.3 Å². The zero-order valence-corrected chi connectivity index (χ0v) is 13.3. The average Bonchev–Trinajstić information content (AvgIpc) is 2.51. The van der Waals surface area contributed by atoms with Crippen molar-refractivity contribution < 1.29 is 23.9 Å². The van der Waals surface area contributed by atoms with Gasteiger partial charge in [-0.1, -0.05) is 30.7 Å². The van der Waals surface area contributed by atoms with E-state index in [-0.39, 0.29) is 17.0 Å². The van der Waals surface area contributed by atoms with E-state index in [1.54, 1.807) is 25.1 Å². The zero-order chi connectivity index (χ0) is 16.7. The summed E-state index contributed by atoms with van der Waals surface area (Å²) in [6.45, 7) is 1.64. The molecule has 1 amide bonds. The topological polar surface area (TPSA) is 81.7 Å². The number of nitrogens with one attached hydrogen (secondary N) is 1. The van der Waals surface area contributed by atoms with Gasteiger partial charge >= 0.3 is 11.9 Å². The predicted octanol–water partition coefficient (Wildman–Crippen LogP) is 1.81. The lowest BCUT2D eigenvalue weighted by Crippen LogP contribution is -2.46. The lowest BCUT2D eigenvalue weighted by Gasteiger charge is -2.22. The van der Waals surface area contributed by atoms with Gasteiger partial charge in [0.1, 0.15) is 6.04 Å². The van der Waals surface area contributed by atoms with Crippen molar-refractivity contribution in [1.29, 1.82) is 0 Å². The molecule has 0 radical (unpaired) electrons. The van der Waals surface area contributed by atoms with Crippen LogP contribution in [0.2, 0.25) is 5.02 Å². The van der Waals surface area contributed by atoms with E-state index in [2.05, 4.69) is 14.8 Å². The molecule has 0 aliphatic rings. The van der Waals surface area contributed by atoms with E-state index in [9.17, 15) is 14.4 Å². The molecule has 2 atom stereocenters. The summed E-state index contributed by atoms with van der Waals surface area (Å²) in [5.74, 6) is -2.13. The van der Waals surface area contributed by atoms with Gasteiger partial charge in [-0.3, -0.25) is 9.59 Å². The zero-order valence-electron chi connectivity index (χ0n) is 12.6. The number of hydrogen-bond acceptors (Lipinski definition) is 5. The molecule has 0 saturated carbocycles. The van der Waals surface area contributed by atoms with Gasteiger partial charge in [0.2, 0.25) is 0 Å². The number of halogens is 1. The van der Waals surface area contributed by atoms with Crippen LogP contribution in [0, 0.1) is 5.92 Å². The lowest BCUT2D eigenvalue weighted by atomic mass is 9.98. The molecule has 22 heavy (non-hydrogen) atoms. The highest BCUT2D eigenvalue weighted by Crippen LogP contribution is 2.17. The van der Waals surface area contributed by atoms with Crippen LogP contribution in [0.4, 0.5) is 0 Å². The Morgan fingerprint density at radius 2 is 1.82 bits per heavy atom. The highest BCUT2D eigenvalue weighted by molar-refractivity contribution is 6.33. The molecule has 120 valence electrons. The number of carbonyl (C=O) groups excluding carboxylic acids is 3. The van der Waals surface area contributed by atoms with Crippen molar-refractivity contribution >= 4 is 29.4 Å². The number of methoxy groups -OCH3 is 2. The van der Waals surface area contributed by atoms with Gasteiger partial charge in [0.15, 0.2) is 0 Å². The fourth-order valence-corrected chi connectivity index (χ4v) is 2.11. The number of carbonyl (C=O) groups is 3. The van der Waals surface area contributed by atoms with Gasteiger partial charge in [0.25, 0.3) is 5.91 Å². The molecule has 0 heterocycles. The van der Waals surface area contributed by atoms with E-state index >= 15 is 0 Å². The Balaban J connectivity index is 2.90. The molecule has 0 aliphatic heterocycles. The molecule has 0 saturated heterocycles. The van der Waals surface area contributed by atoms with Gasteiger partial charge < -0.3 is 14.8 Å². The molecule has 0 unspecified atom stereocenters. The van der Waals surface area contributed by atoms with Gasteiger partial charge in [0.05, 0.1) is 31.2 Å². The van der Waals surface area contributed by atoms with E-state index in [0.29, 0.717) is 0 Å². The maximum Gasteiger partial charge on any atom is 0.328 e. The molecule has 7 heteroatoms. The molecule has 6 nitrogen and oxygen atoms in total. The van der Waals surface area contributed by atoms with Crippen LogP contribution in [0.25, 0.3) is 0 Å². The van der Waals surface area contributed by atoms with Crippen molar-refractivity contribution in [3.63, 3.8) is 0 Å². The van der Waals surface area contributed by atoms with Crippen LogP contribution in [0.1, 0.15) is 23.7 Å². The minimum absolute atomic E-state index is 0.0287. The third-order valence-corrected chi connectivity index (χ3v) is 3.48. The molecule has 1 rings (SSSR count). The molecule has 0 bridgehead atoms. The van der Waals surface area contributed by atoms with E-state index in [1.807, 2.05) is 0 Å². The van der Waals surface area contributed by atoms with E-state index < -0.39 is 29.8 Å². The summed E-state index contributed by atoms with van der Waals surface area (Å²) in [5.41, 5.74) is 0.239. The third kappa shape index (κ3) is 4.73. The SMILES string of the molecule is COC(=O)C[C@H](C)[C@@H](NC(=O)c1ccccc1Cl)C(=O)OC. The number of hydrogen-bond donors (Lipinski definition) is 1. The van der Waals surface area contributed by atoms with Crippen molar-refractivity contribution in [3.8, 4) is 0 Å².